The molecule has 1 aromatic carbocycles. The molecule has 0 bridgehead atoms. The van der Waals surface area contributed by atoms with Gasteiger partial charge in [-0.2, -0.15) is 0 Å². The summed E-state index contributed by atoms with van der Waals surface area (Å²) in [4.78, 5) is 0. The number of hydrogen-bond donors (Lipinski definition) is 0. The molecular formula is C14H21ClO. The number of rotatable bonds is 8. The van der Waals surface area contributed by atoms with Gasteiger partial charge < -0.3 is 4.74 Å². The molecule has 0 aliphatic rings. The van der Waals surface area contributed by atoms with Crippen LogP contribution < -0.4 is 4.74 Å². The summed E-state index contributed by atoms with van der Waals surface area (Å²) in [6, 6.07) is 8.26. The van der Waals surface area contributed by atoms with Gasteiger partial charge in [-0.05, 0) is 30.9 Å². The SMILES string of the molecule is CCCCCOc1ccccc1CCCCl. The number of aryl methyl sites for hydroxylation is 1. The second kappa shape index (κ2) is 8.46. The number of para-hydroxylation sites is 1. The van der Waals surface area contributed by atoms with E-state index in [0.29, 0.717) is 5.88 Å². The molecular weight excluding hydrogens is 220 g/mol. The first-order chi connectivity index (χ1) is 7.88. The standard InChI is InChI=1S/C14H21ClO/c1-2-3-6-12-16-14-10-5-4-8-13(14)9-7-11-15/h4-5,8,10H,2-3,6-7,9,11-12H2,1H3. The molecule has 0 atom stereocenters. The Morgan fingerprint density at radius 2 is 1.94 bits per heavy atom. The molecule has 90 valence electrons. The van der Waals surface area contributed by atoms with Crippen LogP contribution in [0.5, 0.6) is 5.75 Å². The number of hydrogen-bond acceptors (Lipinski definition) is 1. The first-order valence-electron chi connectivity index (χ1n) is 6.15. The lowest BCUT2D eigenvalue weighted by Gasteiger charge is -2.10. The van der Waals surface area contributed by atoms with Gasteiger partial charge in [0.05, 0.1) is 6.61 Å². The molecule has 16 heavy (non-hydrogen) atoms. The zero-order chi connectivity index (χ0) is 11.6. The Kier molecular flexibility index (Phi) is 7.07. The molecule has 0 aliphatic carbocycles. The molecule has 0 unspecified atom stereocenters. The van der Waals surface area contributed by atoms with E-state index >= 15 is 0 Å². The second-order valence-electron chi connectivity index (χ2n) is 3.96. The van der Waals surface area contributed by atoms with Crippen molar-refractivity contribution in [2.75, 3.05) is 12.5 Å². The summed E-state index contributed by atoms with van der Waals surface area (Å²) >= 11 is 5.71. The minimum Gasteiger partial charge on any atom is -0.493 e. The lowest BCUT2D eigenvalue weighted by Crippen LogP contribution is -2.00. The Balaban J connectivity index is 2.43. The molecule has 1 nitrogen and oxygen atoms in total. The fourth-order valence-corrected chi connectivity index (χ4v) is 1.78. The van der Waals surface area contributed by atoms with Gasteiger partial charge in [-0.25, -0.2) is 0 Å². The van der Waals surface area contributed by atoms with Crippen LogP contribution in [0.1, 0.15) is 38.2 Å². The number of halogens is 1. The summed E-state index contributed by atoms with van der Waals surface area (Å²) in [5.41, 5.74) is 1.28. The maximum Gasteiger partial charge on any atom is 0.122 e. The van der Waals surface area contributed by atoms with Crippen LogP contribution in [0.15, 0.2) is 24.3 Å². The molecule has 1 aromatic rings. The zero-order valence-corrected chi connectivity index (χ0v) is 10.8. The summed E-state index contributed by atoms with van der Waals surface area (Å²) in [5.74, 6) is 1.74. The summed E-state index contributed by atoms with van der Waals surface area (Å²) in [5, 5.41) is 0. The normalized spacial score (nSPS) is 10.4. The predicted molar refractivity (Wildman–Crippen MR) is 70.5 cm³/mol. The monoisotopic (exact) mass is 240 g/mol. The molecule has 1 rings (SSSR count). The van der Waals surface area contributed by atoms with E-state index in [1.54, 1.807) is 0 Å². The minimum absolute atomic E-state index is 0.712. The third kappa shape index (κ3) is 4.89. The van der Waals surface area contributed by atoms with Gasteiger partial charge in [-0.15, -0.1) is 11.6 Å². The number of alkyl halides is 1. The van der Waals surface area contributed by atoms with Crippen molar-refractivity contribution in [1.29, 1.82) is 0 Å². The Morgan fingerprint density at radius 1 is 1.12 bits per heavy atom. The van der Waals surface area contributed by atoms with E-state index in [1.807, 2.05) is 6.07 Å². The van der Waals surface area contributed by atoms with Crippen LogP contribution in [0.4, 0.5) is 0 Å². The Hall–Kier alpha value is -0.690. The van der Waals surface area contributed by atoms with Crippen molar-refractivity contribution in [2.45, 2.75) is 39.0 Å². The number of benzene rings is 1. The third-order valence-electron chi connectivity index (χ3n) is 2.56. The first kappa shape index (κ1) is 13.4. The summed E-state index contributed by atoms with van der Waals surface area (Å²) < 4.78 is 5.79. The van der Waals surface area contributed by atoms with Gasteiger partial charge in [0, 0.05) is 5.88 Å². The van der Waals surface area contributed by atoms with Crippen LogP contribution in [0, 0.1) is 0 Å². The molecule has 0 aliphatic heterocycles. The molecule has 0 amide bonds. The summed E-state index contributed by atoms with van der Waals surface area (Å²) in [6.45, 7) is 3.03. The maximum absolute atomic E-state index is 5.79. The summed E-state index contributed by atoms with van der Waals surface area (Å²) in [7, 11) is 0. The van der Waals surface area contributed by atoms with Crippen LogP contribution in [0.25, 0.3) is 0 Å². The molecule has 0 saturated heterocycles. The van der Waals surface area contributed by atoms with E-state index in [9.17, 15) is 0 Å². The van der Waals surface area contributed by atoms with Gasteiger partial charge >= 0.3 is 0 Å². The molecule has 0 N–H and O–H groups in total. The lowest BCUT2D eigenvalue weighted by molar-refractivity contribution is 0.303. The van der Waals surface area contributed by atoms with Crippen molar-refractivity contribution in [1.82, 2.24) is 0 Å². The highest BCUT2D eigenvalue weighted by molar-refractivity contribution is 6.17. The van der Waals surface area contributed by atoms with Gasteiger partial charge in [0.15, 0.2) is 0 Å². The highest BCUT2D eigenvalue weighted by Gasteiger charge is 2.01. The van der Waals surface area contributed by atoms with E-state index in [-0.39, 0.29) is 0 Å². The minimum atomic E-state index is 0.712. The quantitative estimate of drug-likeness (QED) is 0.483. The van der Waals surface area contributed by atoms with Gasteiger partial charge in [0.25, 0.3) is 0 Å². The van der Waals surface area contributed by atoms with Crippen molar-refractivity contribution in [3.05, 3.63) is 29.8 Å². The average Bonchev–Trinajstić information content (AvgIpc) is 2.33. The fourth-order valence-electron chi connectivity index (χ4n) is 1.64. The Morgan fingerprint density at radius 3 is 2.69 bits per heavy atom. The molecule has 2 heteroatoms. The van der Waals surface area contributed by atoms with Crippen molar-refractivity contribution in [3.63, 3.8) is 0 Å². The maximum atomic E-state index is 5.79. The zero-order valence-electron chi connectivity index (χ0n) is 10.0. The Labute approximate surface area is 104 Å². The van der Waals surface area contributed by atoms with E-state index < -0.39 is 0 Å². The van der Waals surface area contributed by atoms with Crippen LogP contribution in [0.2, 0.25) is 0 Å². The molecule has 0 saturated carbocycles. The molecule has 0 fully saturated rings. The van der Waals surface area contributed by atoms with Gasteiger partial charge in [-0.1, -0.05) is 38.0 Å². The highest BCUT2D eigenvalue weighted by atomic mass is 35.5. The molecule has 0 aromatic heterocycles. The fraction of sp³-hybridized carbons (Fsp3) is 0.571. The predicted octanol–water partition coefficient (Wildman–Crippen LogP) is 4.43. The Bertz CT molecular complexity index is 286. The van der Waals surface area contributed by atoms with E-state index in [2.05, 4.69) is 25.1 Å². The lowest BCUT2D eigenvalue weighted by atomic mass is 10.1. The van der Waals surface area contributed by atoms with E-state index in [1.165, 1.54) is 18.4 Å². The topological polar surface area (TPSA) is 9.23 Å². The van der Waals surface area contributed by atoms with Crippen molar-refractivity contribution in [2.24, 2.45) is 0 Å². The van der Waals surface area contributed by atoms with Gasteiger partial charge in [-0.3, -0.25) is 0 Å². The van der Waals surface area contributed by atoms with E-state index in [0.717, 1.165) is 31.6 Å². The number of ether oxygens (including phenoxy) is 1. The summed E-state index contributed by atoms with van der Waals surface area (Å²) in [6.07, 6.45) is 5.63. The van der Waals surface area contributed by atoms with Crippen LogP contribution in [0.3, 0.4) is 0 Å². The molecule has 0 heterocycles. The van der Waals surface area contributed by atoms with Crippen molar-refractivity contribution >= 4 is 11.6 Å². The third-order valence-corrected chi connectivity index (χ3v) is 2.83. The molecule has 0 spiro atoms. The first-order valence-corrected chi connectivity index (χ1v) is 6.68. The van der Waals surface area contributed by atoms with Gasteiger partial charge in [0.1, 0.15) is 5.75 Å². The average molecular weight is 241 g/mol. The van der Waals surface area contributed by atoms with E-state index in [4.69, 9.17) is 16.3 Å². The smallest absolute Gasteiger partial charge is 0.122 e. The second-order valence-corrected chi connectivity index (χ2v) is 4.33. The largest absolute Gasteiger partial charge is 0.493 e. The highest BCUT2D eigenvalue weighted by Crippen LogP contribution is 2.20. The van der Waals surface area contributed by atoms with Gasteiger partial charge in [0.2, 0.25) is 0 Å². The van der Waals surface area contributed by atoms with Crippen LogP contribution in [-0.4, -0.2) is 12.5 Å². The van der Waals surface area contributed by atoms with Crippen molar-refractivity contribution < 1.29 is 4.74 Å². The van der Waals surface area contributed by atoms with Crippen LogP contribution in [-0.2, 0) is 6.42 Å². The number of unbranched alkanes of at least 4 members (excludes halogenated alkanes) is 2. The van der Waals surface area contributed by atoms with Crippen molar-refractivity contribution in [3.8, 4) is 5.75 Å². The van der Waals surface area contributed by atoms with Crippen LogP contribution >= 0.6 is 11.6 Å². The molecule has 0 radical (unpaired) electrons.